The topological polar surface area (TPSA) is 81.4 Å². The molecule has 6 heteroatoms. The number of ether oxygens (including phenoxy) is 1. The van der Waals surface area contributed by atoms with Crippen molar-refractivity contribution in [3.63, 3.8) is 0 Å². The Hall–Kier alpha value is -1.40. The van der Waals surface area contributed by atoms with E-state index in [0.717, 1.165) is 0 Å². The number of esters is 1. The molecule has 1 amide bonds. The van der Waals surface area contributed by atoms with E-state index in [2.05, 4.69) is 5.32 Å². The van der Waals surface area contributed by atoms with Crippen LogP contribution in [0.15, 0.2) is 11.4 Å². The number of rotatable bonds is 5. The highest BCUT2D eigenvalue weighted by atomic mass is 32.1. The zero-order valence-electron chi connectivity index (χ0n) is 9.86. The lowest BCUT2D eigenvalue weighted by atomic mass is 10.2. The molecule has 1 unspecified atom stereocenters. The molecular formula is C11H16N2O3S. The van der Waals surface area contributed by atoms with Gasteiger partial charge in [-0.25, -0.2) is 4.79 Å². The van der Waals surface area contributed by atoms with Crippen LogP contribution in [-0.4, -0.2) is 24.5 Å². The second kappa shape index (κ2) is 6.36. The van der Waals surface area contributed by atoms with Crippen LogP contribution in [0.1, 0.15) is 30.6 Å². The lowest BCUT2D eigenvalue weighted by molar-refractivity contribution is -0.116. The average molecular weight is 256 g/mol. The van der Waals surface area contributed by atoms with E-state index < -0.39 is 5.97 Å². The SMILES string of the molecule is CCOC(=O)c1ccsc1NC(=O)CC(C)N. The molecule has 0 spiro atoms. The van der Waals surface area contributed by atoms with E-state index in [4.69, 9.17) is 10.5 Å². The molecule has 1 atom stereocenters. The fraction of sp³-hybridized carbons (Fsp3) is 0.455. The fourth-order valence-electron chi connectivity index (χ4n) is 1.25. The molecule has 0 fully saturated rings. The van der Waals surface area contributed by atoms with Gasteiger partial charge in [-0.05, 0) is 25.3 Å². The van der Waals surface area contributed by atoms with Crippen LogP contribution in [0.4, 0.5) is 5.00 Å². The van der Waals surface area contributed by atoms with E-state index in [0.29, 0.717) is 17.2 Å². The second-order valence-electron chi connectivity index (χ2n) is 3.61. The van der Waals surface area contributed by atoms with Gasteiger partial charge in [-0.15, -0.1) is 11.3 Å². The molecular weight excluding hydrogens is 240 g/mol. The molecule has 0 aromatic carbocycles. The van der Waals surface area contributed by atoms with Gasteiger partial charge in [0, 0.05) is 12.5 Å². The molecule has 1 heterocycles. The van der Waals surface area contributed by atoms with Crippen LogP contribution in [0.5, 0.6) is 0 Å². The van der Waals surface area contributed by atoms with Crippen LogP contribution in [-0.2, 0) is 9.53 Å². The van der Waals surface area contributed by atoms with E-state index in [1.165, 1.54) is 11.3 Å². The van der Waals surface area contributed by atoms with Crippen LogP contribution in [0.2, 0.25) is 0 Å². The Morgan fingerprint density at radius 3 is 2.88 bits per heavy atom. The Kier molecular flexibility index (Phi) is 5.11. The minimum atomic E-state index is -0.426. The van der Waals surface area contributed by atoms with Crippen molar-refractivity contribution in [3.8, 4) is 0 Å². The molecule has 0 saturated heterocycles. The lowest BCUT2D eigenvalue weighted by Gasteiger charge is -2.07. The normalized spacial score (nSPS) is 11.9. The standard InChI is InChI=1S/C11H16N2O3S/c1-3-16-11(15)8-4-5-17-10(8)13-9(14)6-7(2)12/h4-5,7H,3,6,12H2,1-2H3,(H,13,14). The van der Waals surface area contributed by atoms with E-state index in [9.17, 15) is 9.59 Å². The quantitative estimate of drug-likeness (QED) is 0.784. The molecule has 1 aromatic heterocycles. The first kappa shape index (κ1) is 13.7. The van der Waals surface area contributed by atoms with Crippen molar-refractivity contribution in [2.75, 3.05) is 11.9 Å². The molecule has 5 nitrogen and oxygen atoms in total. The van der Waals surface area contributed by atoms with E-state index in [1.54, 1.807) is 25.3 Å². The van der Waals surface area contributed by atoms with Gasteiger partial charge in [-0.2, -0.15) is 0 Å². The molecule has 0 aliphatic heterocycles. The number of hydrogen-bond acceptors (Lipinski definition) is 5. The minimum absolute atomic E-state index is 0.201. The predicted octanol–water partition coefficient (Wildman–Crippen LogP) is 1.60. The highest BCUT2D eigenvalue weighted by Crippen LogP contribution is 2.24. The molecule has 0 bridgehead atoms. The Labute approximate surface area is 104 Å². The molecule has 0 saturated carbocycles. The zero-order valence-corrected chi connectivity index (χ0v) is 10.7. The van der Waals surface area contributed by atoms with Crippen LogP contribution in [0.25, 0.3) is 0 Å². The molecule has 1 aromatic rings. The first-order valence-electron chi connectivity index (χ1n) is 5.34. The summed E-state index contributed by atoms with van der Waals surface area (Å²) in [5.74, 6) is -0.627. The highest BCUT2D eigenvalue weighted by molar-refractivity contribution is 7.14. The maximum Gasteiger partial charge on any atom is 0.341 e. The first-order valence-corrected chi connectivity index (χ1v) is 6.22. The smallest absolute Gasteiger partial charge is 0.341 e. The Morgan fingerprint density at radius 2 is 2.29 bits per heavy atom. The van der Waals surface area contributed by atoms with Gasteiger partial charge in [-0.3, -0.25) is 4.79 Å². The lowest BCUT2D eigenvalue weighted by Crippen LogP contribution is -2.24. The summed E-state index contributed by atoms with van der Waals surface area (Å²) in [5.41, 5.74) is 5.90. The largest absolute Gasteiger partial charge is 0.462 e. The van der Waals surface area contributed by atoms with E-state index in [1.807, 2.05) is 0 Å². The van der Waals surface area contributed by atoms with Crippen molar-refractivity contribution >= 4 is 28.2 Å². The van der Waals surface area contributed by atoms with Crippen molar-refractivity contribution in [3.05, 3.63) is 17.0 Å². The van der Waals surface area contributed by atoms with Crippen molar-refractivity contribution in [1.82, 2.24) is 0 Å². The Morgan fingerprint density at radius 1 is 1.59 bits per heavy atom. The van der Waals surface area contributed by atoms with Gasteiger partial charge in [0.2, 0.25) is 5.91 Å². The summed E-state index contributed by atoms with van der Waals surface area (Å²) in [5, 5.41) is 4.90. The zero-order chi connectivity index (χ0) is 12.8. The van der Waals surface area contributed by atoms with Gasteiger partial charge in [0.25, 0.3) is 0 Å². The number of nitrogens with two attached hydrogens (primary N) is 1. The van der Waals surface area contributed by atoms with Crippen molar-refractivity contribution in [2.45, 2.75) is 26.3 Å². The van der Waals surface area contributed by atoms with Gasteiger partial charge in [-0.1, -0.05) is 0 Å². The van der Waals surface area contributed by atoms with E-state index >= 15 is 0 Å². The summed E-state index contributed by atoms with van der Waals surface area (Å²) >= 11 is 1.29. The van der Waals surface area contributed by atoms with Crippen LogP contribution in [0.3, 0.4) is 0 Å². The fourth-order valence-corrected chi connectivity index (χ4v) is 2.04. The number of hydrogen-bond donors (Lipinski definition) is 2. The van der Waals surface area contributed by atoms with Crippen LogP contribution < -0.4 is 11.1 Å². The number of anilines is 1. The maximum atomic E-state index is 11.5. The van der Waals surface area contributed by atoms with Crippen LogP contribution in [0, 0.1) is 0 Å². The number of thiophene rings is 1. The van der Waals surface area contributed by atoms with Gasteiger partial charge in [0.1, 0.15) is 5.00 Å². The van der Waals surface area contributed by atoms with Gasteiger partial charge in [0.15, 0.2) is 0 Å². The molecule has 17 heavy (non-hydrogen) atoms. The summed E-state index contributed by atoms with van der Waals surface area (Å²) in [4.78, 5) is 23.1. The molecule has 0 aliphatic carbocycles. The van der Waals surface area contributed by atoms with Crippen molar-refractivity contribution in [1.29, 1.82) is 0 Å². The minimum Gasteiger partial charge on any atom is -0.462 e. The average Bonchev–Trinajstić information content (AvgIpc) is 2.64. The van der Waals surface area contributed by atoms with Gasteiger partial charge >= 0.3 is 5.97 Å². The third-order valence-electron chi connectivity index (χ3n) is 1.92. The molecule has 94 valence electrons. The molecule has 1 rings (SSSR count). The maximum absolute atomic E-state index is 11.5. The summed E-state index contributed by atoms with van der Waals surface area (Å²) in [7, 11) is 0. The molecule has 0 aliphatic rings. The first-order chi connectivity index (χ1) is 8.04. The highest BCUT2D eigenvalue weighted by Gasteiger charge is 2.16. The predicted molar refractivity (Wildman–Crippen MR) is 67.2 cm³/mol. The number of carbonyl (C=O) groups excluding carboxylic acids is 2. The second-order valence-corrected chi connectivity index (χ2v) is 4.53. The monoisotopic (exact) mass is 256 g/mol. The Balaban J connectivity index is 2.69. The third-order valence-corrected chi connectivity index (χ3v) is 2.75. The Bertz CT molecular complexity index is 401. The summed E-state index contributed by atoms with van der Waals surface area (Å²) < 4.78 is 4.88. The third kappa shape index (κ3) is 4.16. The number of amides is 1. The van der Waals surface area contributed by atoms with Gasteiger partial charge in [0.05, 0.1) is 12.2 Å². The summed E-state index contributed by atoms with van der Waals surface area (Å²) in [6.07, 6.45) is 0.222. The summed E-state index contributed by atoms with van der Waals surface area (Å²) in [6, 6.07) is 1.42. The number of carbonyl (C=O) groups is 2. The van der Waals surface area contributed by atoms with Crippen LogP contribution >= 0.6 is 11.3 Å². The van der Waals surface area contributed by atoms with E-state index in [-0.39, 0.29) is 18.4 Å². The molecule has 3 N–H and O–H groups in total. The van der Waals surface area contributed by atoms with Crippen molar-refractivity contribution < 1.29 is 14.3 Å². The van der Waals surface area contributed by atoms with Gasteiger partial charge < -0.3 is 15.8 Å². The summed E-state index contributed by atoms with van der Waals surface area (Å²) in [6.45, 7) is 3.79. The number of nitrogens with one attached hydrogen (secondary N) is 1. The molecule has 0 radical (unpaired) electrons. The van der Waals surface area contributed by atoms with Crippen molar-refractivity contribution in [2.24, 2.45) is 5.73 Å².